The zero-order valence-corrected chi connectivity index (χ0v) is 16.5. The summed E-state index contributed by atoms with van der Waals surface area (Å²) in [6, 6.07) is 11.9. The van der Waals surface area contributed by atoms with E-state index in [2.05, 4.69) is 15.5 Å². The van der Waals surface area contributed by atoms with E-state index < -0.39 is 4.92 Å². The van der Waals surface area contributed by atoms with Crippen LogP contribution in [0.2, 0.25) is 0 Å². The fourth-order valence-electron chi connectivity index (χ4n) is 2.63. The van der Waals surface area contributed by atoms with Crippen molar-refractivity contribution in [2.45, 2.75) is 19.0 Å². The van der Waals surface area contributed by atoms with Gasteiger partial charge in [0, 0.05) is 30.4 Å². The summed E-state index contributed by atoms with van der Waals surface area (Å²) in [5, 5.41) is 22.5. The number of thioether (sulfide) groups is 1. The maximum absolute atomic E-state index is 12.3. The van der Waals surface area contributed by atoms with Gasteiger partial charge in [-0.15, -0.1) is 10.2 Å². The topological polar surface area (TPSA) is 103 Å². The fraction of sp³-hybridized carbons (Fsp3) is 0.211. The number of nitro benzene ring substituents is 1. The smallest absolute Gasteiger partial charge is 0.269 e. The number of hydrogen-bond acceptors (Lipinski definition) is 6. The van der Waals surface area contributed by atoms with Crippen molar-refractivity contribution in [2.24, 2.45) is 7.05 Å². The van der Waals surface area contributed by atoms with Crippen molar-refractivity contribution in [3.63, 3.8) is 0 Å². The molecule has 0 spiro atoms. The third-order valence-corrected chi connectivity index (χ3v) is 5.40. The molecule has 0 radical (unpaired) electrons. The Bertz CT molecular complexity index is 1030. The zero-order valence-electron chi connectivity index (χ0n) is 15.7. The van der Waals surface area contributed by atoms with Gasteiger partial charge < -0.3 is 9.88 Å². The maximum Gasteiger partial charge on any atom is 0.269 e. The van der Waals surface area contributed by atoms with E-state index >= 15 is 0 Å². The lowest BCUT2D eigenvalue weighted by Gasteiger charge is -2.10. The van der Waals surface area contributed by atoms with Gasteiger partial charge in [-0.2, -0.15) is 0 Å². The molecular formula is C19H19N5O3S. The summed E-state index contributed by atoms with van der Waals surface area (Å²) in [6.45, 7) is 3.97. The van der Waals surface area contributed by atoms with Crippen molar-refractivity contribution >= 4 is 29.0 Å². The van der Waals surface area contributed by atoms with Crippen LogP contribution in [0.25, 0.3) is 11.4 Å². The Hall–Kier alpha value is -3.20. The van der Waals surface area contributed by atoms with Crippen LogP contribution in [0.15, 0.2) is 47.6 Å². The number of carbonyl (C=O) groups excluding carboxylic acids is 1. The molecule has 8 nitrogen and oxygen atoms in total. The van der Waals surface area contributed by atoms with Crippen LogP contribution in [0.4, 0.5) is 11.4 Å². The molecule has 1 heterocycles. The number of carbonyl (C=O) groups is 1. The van der Waals surface area contributed by atoms with Gasteiger partial charge in [0.05, 0.1) is 10.7 Å². The van der Waals surface area contributed by atoms with Gasteiger partial charge in [0.1, 0.15) is 0 Å². The van der Waals surface area contributed by atoms with Crippen molar-refractivity contribution in [2.75, 3.05) is 11.1 Å². The highest BCUT2D eigenvalue weighted by Gasteiger charge is 2.14. The Morgan fingerprint density at radius 1 is 1.18 bits per heavy atom. The minimum atomic E-state index is -0.448. The van der Waals surface area contributed by atoms with Crippen molar-refractivity contribution in [1.29, 1.82) is 0 Å². The van der Waals surface area contributed by atoms with E-state index in [0.717, 1.165) is 16.8 Å². The van der Waals surface area contributed by atoms with Crippen LogP contribution < -0.4 is 5.32 Å². The molecule has 1 N–H and O–H groups in total. The molecule has 0 unspecified atom stereocenters. The van der Waals surface area contributed by atoms with E-state index in [0.29, 0.717) is 16.5 Å². The van der Waals surface area contributed by atoms with Gasteiger partial charge in [0.25, 0.3) is 5.69 Å². The summed E-state index contributed by atoms with van der Waals surface area (Å²) in [6.07, 6.45) is 0. The van der Waals surface area contributed by atoms with Crippen molar-refractivity contribution in [3.05, 3.63) is 63.7 Å². The lowest BCUT2D eigenvalue weighted by molar-refractivity contribution is -0.384. The molecule has 144 valence electrons. The molecule has 0 aliphatic carbocycles. The number of non-ortho nitro benzene ring substituents is 1. The summed E-state index contributed by atoms with van der Waals surface area (Å²) in [4.78, 5) is 22.6. The molecule has 0 fully saturated rings. The number of nitrogens with zero attached hydrogens (tertiary/aromatic N) is 4. The second kappa shape index (κ2) is 8.22. The Balaban J connectivity index is 1.66. The summed E-state index contributed by atoms with van der Waals surface area (Å²) < 4.78 is 1.76. The molecule has 0 saturated carbocycles. The third-order valence-electron chi connectivity index (χ3n) is 4.38. The molecule has 0 aliphatic rings. The highest BCUT2D eigenvalue weighted by Crippen LogP contribution is 2.25. The Labute approximate surface area is 166 Å². The third kappa shape index (κ3) is 4.20. The first-order valence-corrected chi connectivity index (χ1v) is 9.48. The van der Waals surface area contributed by atoms with Gasteiger partial charge in [-0.3, -0.25) is 14.9 Å². The average Bonchev–Trinajstić information content (AvgIpc) is 3.04. The number of hydrogen-bond donors (Lipinski definition) is 1. The molecule has 9 heteroatoms. The number of anilines is 1. The first-order valence-electron chi connectivity index (χ1n) is 8.50. The summed E-state index contributed by atoms with van der Waals surface area (Å²) >= 11 is 1.28. The molecule has 3 aromatic rings. The monoisotopic (exact) mass is 397 g/mol. The van der Waals surface area contributed by atoms with Crippen molar-refractivity contribution in [1.82, 2.24) is 14.8 Å². The van der Waals surface area contributed by atoms with E-state index in [1.165, 1.54) is 23.9 Å². The number of aromatic nitrogens is 3. The van der Waals surface area contributed by atoms with Gasteiger partial charge in [0.2, 0.25) is 5.91 Å². The van der Waals surface area contributed by atoms with Crippen LogP contribution in [0.5, 0.6) is 0 Å². The van der Waals surface area contributed by atoms with Gasteiger partial charge in [-0.1, -0.05) is 23.9 Å². The maximum atomic E-state index is 12.3. The van der Waals surface area contributed by atoms with E-state index in [4.69, 9.17) is 0 Å². The number of aryl methyl sites for hydroxylation is 1. The van der Waals surface area contributed by atoms with Gasteiger partial charge in [-0.25, -0.2) is 0 Å². The molecule has 2 aromatic carbocycles. The largest absolute Gasteiger partial charge is 0.325 e. The molecule has 28 heavy (non-hydrogen) atoms. The number of nitrogens with one attached hydrogen (secondary N) is 1. The van der Waals surface area contributed by atoms with Crippen molar-refractivity contribution in [3.8, 4) is 11.4 Å². The normalized spacial score (nSPS) is 10.7. The van der Waals surface area contributed by atoms with Crippen LogP contribution >= 0.6 is 11.8 Å². The molecule has 1 aromatic heterocycles. The molecule has 1 amide bonds. The van der Waals surface area contributed by atoms with Crippen LogP contribution in [-0.4, -0.2) is 31.3 Å². The molecule has 0 aliphatic heterocycles. The van der Waals surface area contributed by atoms with Crippen LogP contribution in [0.3, 0.4) is 0 Å². The summed E-state index contributed by atoms with van der Waals surface area (Å²) in [5.41, 5.74) is 3.69. The van der Waals surface area contributed by atoms with E-state index in [1.807, 2.05) is 32.0 Å². The minimum Gasteiger partial charge on any atom is -0.325 e. The average molecular weight is 397 g/mol. The van der Waals surface area contributed by atoms with Crippen LogP contribution in [0, 0.1) is 24.0 Å². The van der Waals surface area contributed by atoms with Crippen LogP contribution in [0.1, 0.15) is 11.1 Å². The second-order valence-corrected chi connectivity index (χ2v) is 7.20. The first-order chi connectivity index (χ1) is 13.4. The quantitative estimate of drug-likeness (QED) is 0.386. The fourth-order valence-corrected chi connectivity index (χ4v) is 3.34. The predicted octanol–water partition coefficient (Wildman–Crippen LogP) is 3.74. The highest BCUT2D eigenvalue weighted by atomic mass is 32.2. The highest BCUT2D eigenvalue weighted by molar-refractivity contribution is 7.99. The predicted molar refractivity (Wildman–Crippen MR) is 108 cm³/mol. The Morgan fingerprint density at radius 2 is 1.89 bits per heavy atom. The first kappa shape index (κ1) is 19.6. The summed E-state index contributed by atoms with van der Waals surface area (Å²) in [5.74, 6) is 0.644. The van der Waals surface area contributed by atoms with Gasteiger partial charge in [-0.05, 0) is 43.2 Å². The van der Waals surface area contributed by atoms with Crippen LogP contribution in [-0.2, 0) is 11.8 Å². The molecule has 3 rings (SSSR count). The molecular weight excluding hydrogens is 378 g/mol. The number of rotatable bonds is 6. The lowest BCUT2D eigenvalue weighted by atomic mass is 10.1. The number of nitro groups is 1. The SMILES string of the molecule is Cc1cccc(NC(=O)CSc2nnc(-c3ccc([N+](=O)[O-])cc3)n2C)c1C. The second-order valence-electron chi connectivity index (χ2n) is 6.25. The van der Waals surface area contributed by atoms with E-state index in [-0.39, 0.29) is 17.3 Å². The molecule has 0 bridgehead atoms. The van der Waals surface area contributed by atoms with E-state index in [1.54, 1.807) is 23.7 Å². The Morgan fingerprint density at radius 3 is 2.57 bits per heavy atom. The van der Waals surface area contributed by atoms with Crippen molar-refractivity contribution < 1.29 is 9.72 Å². The number of benzene rings is 2. The van der Waals surface area contributed by atoms with E-state index in [9.17, 15) is 14.9 Å². The van der Waals surface area contributed by atoms with Gasteiger partial charge >= 0.3 is 0 Å². The standard InChI is InChI=1S/C19H19N5O3S/c1-12-5-4-6-16(13(12)2)20-17(25)11-28-19-22-21-18(23(19)3)14-7-9-15(10-8-14)24(26)27/h4-10H,11H2,1-3H3,(H,20,25). The Kier molecular flexibility index (Phi) is 5.74. The zero-order chi connectivity index (χ0) is 20.3. The summed E-state index contributed by atoms with van der Waals surface area (Å²) in [7, 11) is 1.79. The molecule has 0 atom stereocenters. The minimum absolute atomic E-state index is 0.0173. The number of amides is 1. The molecule has 0 saturated heterocycles. The lowest BCUT2D eigenvalue weighted by Crippen LogP contribution is -2.15. The van der Waals surface area contributed by atoms with Gasteiger partial charge in [0.15, 0.2) is 11.0 Å².